The van der Waals surface area contributed by atoms with E-state index in [1.807, 2.05) is 25.1 Å². The lowest BCUT2D eigenvalue weighted by Gasteiger charge is -2.49. The summed E-state index contributed by atoms with van der Waals surface area (Å²) in [6.07, 6.45) is 7.81. The van der Waals surface area contributed by atoms with Gasteiger partial charge in [-0.1, -0.05) is 63.6 Å². The third-order valence-corrected chi connectivity index (χ3v) is 8.17. The predicted octanol–water partition coefficient (Wildman–Crippen LogP) is 3.20. The van der Waals surface area contributed by atoms with Gasteiger partial charge in [-0.3, -0.25) is 4.79 Å². The summed E-state index contributed by atoms with van der Waals surface area (Å²) in [5.41, 5.74) is -0.411. The Morgan fingerprint density at radius 3 is 2.64 bits per heavy atom. The van der Waals surface area contributed by atoms with Crippen LogP contribution in [0.4, 0.5) is 0 Å². The molecule has 7 heteroatoms. The topological polar surface area (TPSA) is 116 Å². The van der Waals surface area contributed by atoms with Crippen molar-refractivity contribution < 1.29 is 29.6 Å². The van der Waals surface area contributed by atoms with Gasteiger partial charge in [-0.05, 0) is 54.4 Å². The van der Waals surface area contributed by atoms with Gasteiger partial charge in [0.2, 0.25) is 5.60 Å². The summed E-state index contributed by atoms with van der Waals surface area (Å²) >= 11 is 0. The molecule has 4 N–H and O–H groups in total. The molecule has 194 valence electrons. The van der Waals surface area contributed by atoms with E-state index in [1.165, 1.54) is 12.2 Å². The minimum atomic E-state index is -1.66. The Morgan fingerprint density at radius 1 is 1.14 bits per heavy atom. The van der Waals surface area contributed by atoms with Crippen LogP contribution in [0, 0.1) is 23.7 Å². The number of amides is 1. The summed E-state index contributed by atoms with van der Waals surface area (Å²) in [5, 5.41) is 35.0. The van der Waals surface area contributed by atoms with Gasteiger partial charge in [0.25, 0.3) is 5.91 Å². The number of nitrogens with one attached hydrogen (secondary N) is 1. The molecule has 1 amide bonds. The molecule has 1 saturated carbocycles. The summed E-state index contributed by atoms with van der Waals surface area (Å²) in [5.74, 6) is -2.43. The molecule has 0 bridgehead atoms. The quantitative estimate of drug-likeness (QED) is 0.370. The highest BCUT2D eigenvalue weighted by atomic mass is 16.6. The zero-order valence-corrected chi connectivity index (χ0v) is 21.0. The lowest BCUT2D eigenvalue weighted by molar-refractivity contribution is -0.182. The highest BCUT2D eigenvalue weighted by molar-refractivity contribution is 5.94. The van der Waals surface area contributed by atoms with Crippen molar-refractivity contribution in [3.8, 4) is 5.75 Å². The number of benzene rings is 1. The maximum Gasteiger partial charge on any atom is 0.331 e. The Labute approximate surface area is 212 Å². The molecule has 1 spiro atoms. The predicted molar refractivity (Wildman–Crippen MR) is 136 cm³/mol. The van der Waals surface area contributed by atoms with Crippen molar-refractivity contribution in [2.24, 2.45) is 23.7 Å². The molecule has 2 aliphatic heterocycles. The fourth-order valence-corrected chi connectivity index (χ4v) is 6.15. The van der Waals surface area contributed by atoms with Crippen molar-refractivity contribution >= 4 is 11.9 Å². The largest absolute Gasteiger partial charge is 0.508 e. The van der Waals surface area contributed by atoms with E-state index in [4.69, 9.17) is 4.74 Å². The minimum Gasteiger partial charge on any atom is -0.508 e. The van der Waals surface area contributed by atoms with Crippen LogP contribution in [0.25, 0.3) is 0 Å². The summed E-state index contributed by atoms with van der Waals surface area (Å²) in [6, 6.07) is 6.49. The van der Waals surface area contributed by atoms with Crippen LogP contribution in [0.3, 0.4) is 0 Å². The van der Waals surface area contributed by atoms with Crippen molar-refractivity contribution in [2.45, 2.75) is 69.8 Å². The zero-order chi connectivity index (χ0) is 26.0. The molecule has 0 aromatic heterocycles. The van der Waals surface area contributed by atoms with E-state index in [-0.39, 0.29) is 11.7 Å². The normalized spacial score (nSPS) is 39.2. The van der Waals surface area contributed by atoms with Crippen LogP contribution in [-0.2, 0) is 20.7 Å². The number of aliphatic hydroxyl groups excluding tert-OH is 2. The average Bonchev–Trinajstić information content (AvgIpc) is 3.10. The Balaban J connectivity index is 1.79. The number of ether oxygens (including phenoxy) is 1. The molecular formula is C29H37NO6. The molecule has 0 radical (unpaired) electrons. The van der Waals surface area contributed by atoms with Gasteiger partial charge in [0.1, 0.15) is 5.75 Å². The first-order valence-corrected chi connectivity index (χ1v) is 12.9. The SMILES string of the molecule is C=C1[C@@H](C)C2[C@H](Cc3ccccc3O)NC(=O)[C@]23OC(=O)/C=C/[C@H](O)CCC[C@@H](C)C/C=C/C3[C@@H]1O. The molecule has 3 aliphatic rings. The van der Waals surface area contributed by atoms with Crippen molar-refractivity contribution in [1.29, 1.82) is 0 Å². The number of aromatic hydroxyl groups is 1. The lowest BCUT2D eigenvalue weighted by atomic mass is 9.59. The summed E-state index contributed by atoms with van der Waals surface area (Å²) < 4.78 is 6.02. The molecule has 1 saturated heterocycles. The van der Waals surface area contributed by atoms with Gasteiger partial charge in [0, 0.05) is 18.0 Å². The van der Waals surface area contributed by atoms with Gasteiger partial charge >= 0.3 is 5.97 Å². The van der Waals surface area contributed by atoms with Gasteiger partial charge < -0.3 is 25.4 Å². The number of hydrogen-bond acceptors (Lipinski definition) is 6. The third-order valence-electron chi connectivity index (χ3n) is 8.17. The number of aliphatic hydroxyl groups is 2. The molecule has 2 heterocycles. The summed E-state index contributed by atoms with van der Waals surface area (Å²) in [7, 11) is 0. The smallest absolute Gasteiger partial charge is 0.331 e. The standard InChI is InChI=1S/C29H37NO6/c1-17-8-6-11-21(31)14-15-25(33)36-29-22(12-7-9-17)27(34)19(3)18(2)26(29)23(30-28(29)35)16-20-10-4-5-13-24(20)32/h4-5,7,10,12-15,17-18,21-23,26-27,31-32,34H,3,6,8-9,11,16H2,1-2H3,(H,30,35)/b12-7+,15-14+/t17-,18-,21-,22?,23+,26?,27-,29-/m1/s1. The number of allylic oxidation sites excluding steroid dienone is 1. The first kappa shape index (κ1) is 26.2. The molecule has 8 atom stereocenters. The molecular weight excluding hydrogens is 458 g/mol. The summed E-state index contributed by atoms with van der Waals surface area (Å²) in [6.45, 7) is 8.16. The number of esters is 1. The highest BCUT2D eigenvalue weighted by Crippen LogP contribution is 2.52. The van der Waals surface area contributed by atoms with Crippen molar-refractivity contribution in [2.75, 3.05) is 0 Å². The van der Waals surface area contributed by atoms with Crippen LogP contribution in [0.1, 0.15) is 45.1 Å². The number of carbonyl (C=O) groups excluding carboxylic acids is 2. The van der Waals surface area contributed by atoms with E-state index < -0.39 is 47.6 Å². The van der Waals surface area contributed by atoms with Crippen LogP contribution < -0.4 is 5.32 Å². The number of carbonyl (C=O) groups is 2. The molecule has 1 aliphatic carbocycles. The monoisotopic (exact) mass is 495 g/mol. The number of phenolic OH excluding ortho intramolecular Hbond substituents is 1. The third kappa shape index (κ3) is 4.87. The van der Waals surface area contributed by atoms with E-state index >= 15 is 0 Å². The van der Waals surface area contributed by atoms with Crippen molar-refractivity contribution in [1.82, 2.24) is 5.32 Å². The zero-order valence-electron chi connectivity index (χ0n) is 21.0. The number of rotatable bonds is 2. The van der Waals surface area contributed by atoms with Gasteiger partial charge in [0.05, 0.1) is 18.1 Å². The van der Waals surface area contributed by atoms with Gasteiger partial charge in [-0.15, -0.1) is 0 Å². The van der Waals surface area contributed by atoms with Gasteiger partial charge in [-0.2, -0.15) is 0 Å². The van der Waals surface area contributed by atoms with Crippen molar-refractivity contribution in [3.05, 3.63) is 66.3 Å². The molecule has 1 aromatic carbocycles. The van der Waals surface area contributed by atoms with Gasteiger partial charge in [0.15, 0.2) is 0 Å². The van der Waals surface area contributed by atoms with E-state index in [1.54, 1.807) is 18.2 Å². The molecule has 7 nitrogen and oxygen atoms in total. The Kier molecular flexibility index (Phi) is 7.71. The van der Waals surface area contributed by atoms with Gasteiger partial charge in [-0.25, -0.2) is 4.79 Å². The van der Waals surface area contributed by atoms with Crippen LogP contribution in [-0.4, -0.2) is 51.0 Å². The first-order valence-electron chi connectivity index (χ1n) is 12.9. The lowest BCUT2D eigenvalue weighted by Crippen LogP contribution is -2.61. The maximum absolute atomic E-state index is 13.8. The Hall–Kier alpha value is -2.90. The number of hydrogen-bond donors (Lipinski definition) is 4. The highest BCUT2D eigenvalue weighted by Gasteiger charge is 2.67. The second-order valence-corrected chi connectivity index (χ2v) is 10.6. The van der Waals surface area contributed by atoms with Crippen LogP contribution in [0.2, 0.25) is 0 Å². The molecule has 2 fully saturated rings. The van der Waals surface area contributed by atoms with E-state index in [2.05, 4.69) is 18.8 Å². The fraction of sp³-hybridized carbons (Fsp3) is 0.517. The Morgan fingerprint density at radius 2 is 1.89 bits per heavy atom. The van der Waals surface area contributed by atoms with E-state index in [0.717, 1.165) is 19.3 Å². The van der Waals surface area contributed by atoms with Crippen LogP contribution >= 0.6 is 0 Å². The number of phenols is 1. The van der Waals surface area contributed by atoms with E-state index in [9.17, 15) is 24.9 Å². The fourth-order valence-electron chi connectivity index (χ4n) is 6.15. The molecule has 1 aromatic rings. The molecule has 36 heavy (non-hydrogen) atoms. The molecule has 2 unspecified atom stereocenters. The molecule has 4 rings (SSSR count). The average molecular weight is 496 g/mol. The summed E-state index contributed by atoms with van der Waals surface area (Å²) in [4.78, 5) is 26.8. The van der Waals surface area contributed by atoms with Crippen molar-refractivity contribution in [3.63, 3.8) is 0 Å². The van der Waals surface area contributed by atoms with Crippen LogP contribution in [0.15, 0.2) is 60.7 Å². The second-order valence-electron chi connectivity index (χ2n) is 10.6. The Bertz CT molecular complexity index is 1060. The minimum absolute atomic E-state index is 0.125. The number of para-hydroxylation sites is 1. The maximum atomic E-state index is 13.8. The first-order chi connectivity index (χ1) is 17.1. The van der Waals surface area contributed by atoms with Crippen LogP contribution in [0.5, 0.6) is 5.75 Å². The van der Waals surface area contributed by atoms with E-state index in [0.29, 0.717) is 29.9 Å². The second kappa shape index (κ2) is 10.6.